The number of nitrogens with one attached hydrogen (secondary N) is 1. The van der Waals surface area contributed by atoms with Gasteiger partial charge in [0.05, 0.1) is 9.77 Å². The molecule has 1 atom stereocenters. The van der Waals surface area contributed by atoms with Crippen molar-refractivity contribution in [3.8, 4) is 0 Å². The van der Waals surface area contributed by atoms with Gasteiger partial charge in [-0.2, -0.15) is 0 Å². The number of aliphatic carboxylic acids is 1. The number of carboxylic acid groups (broad SMARTS) is 1. The summed E-state index contributed by atoms with van der Waals surface area (Å²) in [4.78, 5) is 23.6. The van der Waals surface area contributed by atoms with Crippen LogP contribution >= 0.6 is 11.3 Å². The molecule has 0 aliphatic rings. The lowest BCUT2D eigenvalue weighted by Crippen LogP contribution is -2.44. The van der Waals surface area contributed by atoms with Gasteiger partial charge in [0, 0.05) is 0 Å². The zero-order valence-corrected chi connectivity index (χ0v) is 14.7. The molecule has 128 valence electrons. The fourth-order valence-corrected chi connectivity index (χ4v) is 4.66. The Kier molecular flexibility index (Phi) is 5.40. The zero-order chi connectivity index (χ0) is 17.9. The van der Waals surface area contributed by atoms with Crippen molar-refractivity contribution in [2.24, 2.45) is 5.92 Å². The van der Waals surface area contributed by atoms with Crippen molar-refractivity contribution >= 4 is 33.1 Å². The van der Waals surface area contributed by atoms with Crippen molar-refractivity contribution in [1.29, 1.82) is 0 Å². The maximum absolute atomic E-state index is 12.5. The molecule has 2 rings (SSSR count). The van der Waals surface area contributed by atoms with E-state index in [0.29, 0.717) is 0 Å². The molecule has 0 saturated carbocycles. The van der Waals surface area contributed by atoms with Crippen LogP contribution in [0.3, 0.4) is 0 Å². The third-order valence-electron chi connectivity index (χ3n) is 3.34. The second-order valence-corrected chi connectivity index (χ2v) is 8.73. The topological polar surface area (TPSA) is 101 Å². The second-order valence-electron chi connectivity index (χ2n) is 5.47. The zero-order valence-electron chi connectivity index (χ0n) is 13.1. The average molecular weight is 367 g/mol. The van der Waals surface area contributed by atoms with E-state index in [4.69, 9.17) is 5.11 Å². The van der Waals surface area contributed by atoms with Crippen LogP contribution in [0.2, 0.25) is 0 Å². The highest BCUT2D eigenvalue weighted by atomic mass is 32.2. The van der Waals surface area contributed by atoms with Gasteiger partial charge in [-0.25, -0.2) is 13.2 Å². The van der Waals surface area contributed by atoms with Crippen LogP contribution in [0.1, 0.15) is 23.5 Å². The summed E-state index contributed by atoms with van der Waals surface area (Å²) >= 11 is 0.815. The maximum atomic E-state index is 12.5. The normalized spacial score (nSPS) is 12.8. The van der Waals surface area contributed by atoms with E-state index in [1.165, 1.54) is 24.3 Å². The van der Waals surface area contributed by atoms with Gasteiger partial charge < -0.3 is 10.4 Å². The molecule has 0 fully saturated rings. The van der Waals surface area contributed by atoms with Gasteiger partial charge in [0.1, 0.15) is 10.3 Å². The Hall–Kier alpha value is -2.19. The number of amides is 1. The smallest absolute Gasteiger partial charge is 0.326 e. The lowest BCUT2D eigenvalue weighted by molar-refractivity contribution is -0.140. The van der Waals surface area contributed by atoms with Crippen LogP contribution in [0.4, 0.5) is 0 Å². The summed E-state index contributed by atoms with van der Waals surface area (Å²) in [6.07, 6.45) is 0. The molecule has 0 saturated heterocycles. The van der Waals surface area contributed by atoms with E-state index in [1.807, 2.05) is 0 Å². The summed E-state index contributed by atoms with van der Waals surface area (Å²) in [7, 11) is -3.69. The van der Waals surface area contributed by atoms with E-state index in [9.17, 15) is 18.0 Å². The Morgan fingerprint density at radius 1 is 1.08 bits per heavy atom. The number of rotatable bonds is 6. The third kappa shape index (κ3) is 3.82. The van der Waals surface area contributed by atoms with Crippen molar-refractivity contribution in [2.75, 3.05) is 0 Å². The number of thiophene rings is 1. The molecule has 0 aliphatic heterocycles. The monoisotopic (exact) mass is 367 g/mol. The molecule has 2 aromatic rings. The van der Waals surface area contributed by atoms with Gasteiger partial charge in [0.2, 0.25) is 9.84 Å². The minimum absolute atomic E-state index is 0.0373. The van der Waals surface area contributed by atoms with Gasteiger partial charge in [0.25, 0.3) is 5.91 Å². The summed E-state index contributed by atoms with van der Waals surface area (Å²) in [5.41, 5.74) is 0. The van der Waals surface area contributed by atoms with Crippen LogP contribution in [0.5, 0.6) is 0 Å². The first-order chi connectivity index (χ1) is 11.2. The van der Waals surface area contributed by atoms with Gasteiger partial charge in [-0.3, -0.25) is 4.79 Å². The van der Waals surface area contributed by atoms with Crippen LogP contribution in [0.25, 0.3) is 0 Å². The Balaban J connectivity index is 2.25. The van der Waals surface area contributed by atoms with Crippen molar-refractivity contribution in [1.82, 2.24) is 5.32 Å². The molecule has 24 heavy (non-hydrogen) atoms. The van der Waals surface area contributed by atoms with Gasteiger partial charge in [-0.05, 0) is 30.2 Å². The summed E-state index contributed by atoms with van der Waals surface area (Å²) in [5.74, 6) is -2.03. The summed E-state index contributed by atoms with van der Waals surface area (Å²) < 4.78 is 25.0. The molecule has 8 heteroatoms. The fourth-order valence-electron chi connectivity index (χ4n) is 2.03. The van der Waals surface area contributed by atoms with Crippen LogP contribution in [-0.2, 0) is 14.6 Å². The first-order valence-corrected chi connectivity index (χ1v) is 9.47. The molecule has 1 amide bonds. The van der Waals surface area contributed by atoms with Crippen molar-refractivity contribution < 1.29 is 23.1 Å². The lowest BCUT2D eigenvalue weighted by atomic mass is 10.0. The van der Waals surface area contributed by atoms with E-state index >= 15 is 0 Å². The summed E-state index contributed by atoms with van der Waals surface area (Å²) in [5, 5.41) is 11.5. The predicted molar refractivity (Wildman–Crippen MR) is 89.9 cm³/mol. The van der Waals surface area contributed by atoms with E-state index < -0.39 is 27.8 Å². The Morgan fingerprint density at radius 3 is 2.25 bits per heavy atom. The van der Waals surface area contributed by atoms with Gasteiger partial charge in [0.15, 0.2) is 0 Å². The molecule has 0 bridgehead atoms. The van der Waals surface area contributed by atoms with E-state index in [0.717, 1.165) is 11.3 Å². The first-order valence-electron chi connectivity index (χ1n) is 7.17. The number of hydrogen-bond acceptors (Lipinski definition) is 5. The molecule has 1 aromatic carbocycles. The molecular weight excluding hydrogens is 350 g/mol. The van der Waals surface area contributed by atoms with Crippen LogP contribution in [-0.4, -0.2) is 31.4 Å². The van der Waals surface area contributed by atoms with Crippen molar-refractivity contribution in [3.63, 3.8) is 0 Å². The third-order valence-corrected chi connectivity index (χ3v) is 6.69. The van der Waals surface area contributed by atoms with Gasteiger partial charge in [-0.1, -0.05) is 32.0 Å². The van der Waals surface area contributed by atoms with E-state index in [-0.39, 0.29) is 19.9 Å². The minimum atomic E-state index is -3.69. The van der Waals surface area contributed by atoms with Gasteiger partial charge in [-0.15, -0.1) is 11.3 Å². The molecule has 1 heterocycles. The standard InChI is InChI=1S/C16H17NO5S2/c1-10(2)14(16(19)20)17-15(18)12-8-9-13(23-12)24(21,22)11-6-4-3-5-7-11/h3-10,14H,1-2H3,(H,17,18)(H,19,20)/t14-/m1/s1. The molecule has 2 N–H and O–H groups in total. The lowest BCUT2D eigenvalue weighted by Gasteiger charge is -2.17. The molecule has 6 nitrogen and oxygen atoms in total. The predicted octanol–water partition coefficient (Wildman–Crippen LogP) is 2.42. The number of carboxylic acids is 1. The number of hydrogen-bond donors (Lipinski definition) is 2. The van der Waals surface area contributed by atoms with E-state index in [2.05, 4.69) is 5.32 Å². The Bertz CT molecular complexity index is 840. The molecular formula is C16H17NO5S2. The summed E-state index contributed by atoms with van der Waals surface area (Å²) in [6.45, 7) is 3.36. The first kappa shape index (κ1) is 18.2. The quantitative estimate of drug-likeness (QED) is 0.817. The molecule has 0 radical (unpaired) electrons. The van der Waals surface area contributed by atoms with Crippen molar-refractivity contribution in [3.05, 3.63) is 47.3 Å². The molecule has 1 aromatic heterocycles. The highest BCUT2D eigenvalue weighted by Gasteiger charge is 2.26. The number of carbonyl (C=O) groups excluding carboxylic acids is 1. The Morgan fingerprint density at radius 2 is 1.71 bits per heavy atom. The van der Waals surface area contributed by atoms with Gasteiger partial charge >= 0.3 is 5.97 Å². The minimum Gasteiger partial charge on any atom is -0.480 e. The van der Waals surface area contributed by atoms with E-state index in [1.54, 1.807) is 32.0 Å². The number of carbonyl (C=O) groups is 2. The highest BCUT2D eigenvalue weighted by molar-refractivity contribution is 7.93. The average Bonchev–Trinajstić information content (AvgIpc) is 3.03. The largest absolute Gasteiger partial charge is 0.480 e. The molecule has 0 spiro atoms. The van der Waals surface area contributed by atoms with Crippen LogP contribution in [0, 0.1) is 5.92 Å². The van der Waals surface area contributed by atoms with Crippen LogP contribution < -0.4 is 5.32 Å². The number of benzene rings is 1. The maximum Gasteiger partial charge on any atom is 0.326 e. The highest BCUT2D eigenvalue weighted by Crippen LogP contribution is 2.27. The molecule has 0 aliphatic carbocycles. The van der Waals surface area contributed by atoms with Crippen LogP contribution in [0.15, 0.2) is 51.6 Å². The molecule has 0 unspecified atom stereocenters. The summed E-state index contributed by atoms with van der Waals surface area (Å²) in [6, 6.07) is 9.62. The fraction of sp³-hybridized carbons (Fsp3) is 0.250. The Labute approximate surface area is 144 Å². The second kappa shape index (κ2) is 7.14. The van der Waals surface area contributed by atoms with Crippen molar-refractivity contribution in [2.45, 2.75) is 29.0 Å². The number of sulfone groups is 1. The SMILES string of the molecule is CC(C)[C@@H](NC(=O)c1ccc(S(=O)(=O)c2ccccc2)s1)C(=O)O.